The highest BCUT2D eigenvalue weighted by molar-refractivity contribution is 5.29. The van der Waals surface area contributed by atoms with Crippen LogP contribution in [-0.2, 0) is 0 Å². The molecule has 3 rings (SSSR count). The van der Waals surface area contributed by atoms with Crippen molar-refractivity contribution in [3.63, 3.8) is 0 Å². The van der Waals surface area contributed by atoms with Crippen LogP contribution in [0.2, 0.25) is 0 Å². The van der Waals surface area contributed by atoms with E-state index in [9.17, 15) is 15.3 Å². The van der Waals surface area contributed by atoms with Crippen molar-refractivity contribution in [2.24, 2.45) is 29.1 Å². The first-order chi connectivity index (χ1) is 14.3. The van der Waals surface area contributed by atoms with E-state index in [4.69, 9.17) is 0 Å². The summed E-state index contributed by atoms with van der Waals surface area (Å²) in [6, 6.07) is 0. The molecule has 0 radical (unpaired) electrons. The average molecular weight is 417 g/mol. The quantitative estimate of drug-likeness (QED) is 0.476. The highest BCUT2D eigenvalue weighted by Gasteiger charge is 2.51. The average Bonchev–Trinajstić information content (AvgIpc) is 3.08. The molecule has 0 bridgehead atoms. The fraction of sp³-hybridized carbons (Fsp3) is 0.778. The summed E-state index contributed by atoms with van der Waals surface area (Å²) in [7, 11) is 0. The first-order valence-corrected chi connectivity index (χ1v) is 12.4. The summed E-state index contributed by atoms with van der Waals surface area (Å²) in [6.45, 7) is 11.5. The third-order valence-electron chi connectivity index (χ3n) is 8.97. The molecule has 0 amide bonds. The number of aliphatic hydroxyl groups is 3. The van der Waals surface area contributed by atoms with Crippen molar-refractivity contribution < 1.29 is 15.3 Å². The van der Waals surface area contributed by atoms with Crippen LogP contribution in [0.1, 0.15) is 85.0 Å². The van der Waals surface area contributed by atoms with Crippen LogP contribution in [0.15, 0.2) is 35.5 Å². The monoisotopic (exact) mass is 416 g/mol. The van der Waals surface area contributed by atoms with E-state index in [0.29, 0.717) is 48.2 Å². The maximum atomic E-state index is 10.1. The molecule has 3 saturated carbocycles. The molecule has 30 heavy (non-hydrogen) atoms. The summed E-state index contributed by atoms with van der Waals surface area (Å²) < 4.78 is 0. The minimum Gasteiger partial charge on any atom is -0.396 e. The second kappa shape index (κ2) is 10.1. The van der Waals surface area contributed by atoms with E-state index < -0.39 is 12.2 Å². The Balaban J connectivity index is 1.75. The number of rotatable bonds is 7. The zero-order chi connectivity index (χ0) is 21.9. The largest absolute Gasteiger partial charge is 0.396 e. The van der Waals surface area contributed by atoms with Gasteiger partial charge in [-0.15, -0.1) is 0 Å². The fourth-order valence-electron chi connectivity index (χ4n) is 7.09. The molecule has 0 aliphatic heterocycles. The third kappa shape index (κ3) is 4.79. The molecular formula is C27H44O3. The smallest absolute Gasteiger partial charge is 0.0809 e. The Hall–Kier alpha value is -0.900. The Morgan fingerprint density at radius 3 is 2.50 bits per heavy atom. The standard InChI is InChI=1S/C27H44O3/c1-5-21(9-7-15-28)18(2)23-12-13-24-22(8-6-14-27(23,24)4)11-10-20-16-25(29)19(3)26(30)17-20/h10-11,18,21,23-26,28-30H,3,5-9,12-17H2,1-2,4H3/b22-11+/t18-,21+,23-,24+,25-,26-,27-/m1/s1. The maximum Gasteiger partial charge on any atom is 0.0809 e. The predicted octanol–water partition coefficient (Wildman–Crippen LogP) is 5.56. The molecule has 0 saturated heterocycles. The van der Waals surface area contributed by atoms with Crippen molar-refractivity contribution >= 4 is 0 Å². The molecule has 3 fully saturated rings. The van der Waals surface area contributed by atoms with Crippen LogP contribution in [0.5, 0.6) is 0 Å². The summed E-state index contributed by atoms with van der Waals surface area (Å²) in [4.78, 5) is 0. The molecule has 0 aromatic rings. The van der Waals surface area contributed by atoms with Gasteiger partial charge in [-0.05, 0) is 92.4 Å². The zero-order valence-corrected chi connectivity index (χ0v) is 19.4. The molecule has 170 valence electrons. The lowest BCUT2D eigenvalue weighted by Crippen LogP contribution is -2.37. The van der Waals surface area contributed by atoms with Crippen molar-refractivity contribution in [2.45, 2.75) is 97.2 Å². The van der Waals surface area contributed by atoms with Crippen LogP contribution in [0.4, 0.5) is 0 Å². The molecule has 3 nitrogen and oxygen atoms in total. The number of fused-ring (bicyclic) bond motifs is 1. The van der Waals surface area contributed by atoms with Gasteiger partial charge >= 0.3 is 0 Å². The van der Waals surface area contributed by atoms with E-state index in [-0.39, 0.29) is 0 Å². The molecule has 3 heteroatoms. The van der Waals surface area contributed by atoms with Gasteiger partial charge in [-0.25, -0.2) is 0 Å². The molecule has 3 aliphatic carbocycles. The Morgan fingerprint density at radius 1 is 1.17 bits per heavy atom. The fourth-order valence-corrected chi connectivity index (χ4v) is 7.09. The summed E-state index contributed by atoms with van der Waals surface area (Å²) in [5.41, 5.74) is 3.67. The molecule has 0 heterocycles. The van der Waals surface area contributed by atoms with Crippen molar-refractivity contribution in [1.29, 1.82) is 0 Å². The molecular weight excluding hydrogens is 372 g/mol. The van der Waals surface area contributed by atoms with Gasteiger partial charge in [-0.3, -0.25) is 0 Å². The highest BCUT2D eigenvalue weighted by atomic mass is 16.3. The van der Waals surface area contributed by atoms with Crippen LogP contribution < -0.4 is 0 Å². The second-order valence-corrected chi connectivity index (χ2v) is 10.6. The lowest BCUT2D eigenvalue weighted by atomic mass is 9.59. The van der Waals surface area contributed by atoms with Crippen LogP contribution in [-0.4, -0.2) is 34.1 Å². The minimum absolute atomic E-state index is 0.312. The van der Waals surface area contributed by atoms with Gasteiger partial charge in [-0.2, -0.15) is 0 Å². The molecule has 7 atom stereocenters. The highest BCUT2D eigenvalue weighted by Crippen LogP contribution is 2.60. The lowest BCUT2D eigenvalue weighted by molar-refractivity contribution is 0.0669. The zero-order valence-electron chi connectivity index (χ0n) is 19.4. The molecule has 0 unspecified atom stereocenters. The number of hydrogen-bond acceptors (Lipinski definition) is 3. The summed E-state index contributed by atoms with van der Waals surface area (Å²) in [5, 5.41) is 29.6. The number of allylic oxidation sites excluding steroid dienone is 3. The van der Waals surface area contributed by atoms with E-state index in [1.807, 2.05) is 0 Å². The predicted molar refractivity (Wildman–Crippen MR) is 124 cm³/mol. The summed E-state index contributed by atoms with van der Waals surface area (Å²) in [6.07, 6.45) is 14.2. The van der Waals surface area contributed by atoms with Gasteiger partial charge in [0.2, 0.25) is 0 Å². The molecule has 3 N–H and O–H groups in total. The van der Waals surface area contributed by atoms with Crippen LogP contribution in [0, 0.1) is 29.1 Å². The van der Waals surface area contributed by atoms with Crippen LogP contribution >= 0.6 is 0 Å². The van der Waals surface area contributed by atoms with Crippen LogP contribution in [0.3, 0.4) is 0 Å². The van der Waals surface area contributed by atoms with Gasteiger partial charge in [0.15, 0.2) is 0 Å². The van der Waals surface area contributed by atoms with Crippen molar-refractivity contribution in [3.05, 3.63) is 35.5 Å². The lowest BCUT2D eigenvalue weighted by Gasteiger charge is -2.46. The Labute approximate surface area is 184 Å². The molecule has 0 aromatic carbocycles. The second-order valence-electron chi connectivity index (χ2n) is 10.6. The Kier molecular flexibility index (Phi) is 8.03. The van der Waals surface area contributed by atoms with Gasteiger partial charge in [0.1, 0.15) is 0 Å². The topological polar surface area (TPSA) is 60.7 Å². The SMILES string of the molecule is C=C1[C@H](O)CC(=C/C=C2\CCC[C@]3(C)[C@@H]([C@H](C)[C@@H](CC)CCCO)CC[C@@H]23)C[C@H]1O. The first-order valence-electron chi connectivity index (χ1n) is 12.4. The van der Waals surface area contributed by atoms with Gasteiger partial charge in [0.05, 0.1) is 12.2 Å². The Morgan fingerprint density at radius 2 is 1.87 bits per heavy atom. The van der Waals surface area contributed by atoms with E-state index >= 15 is 0 Å². The third-order valence-corrected chi connectivity index (χ3v) is 8.97. The van der Waals surface area contributed by atoms with E-state index in [0.717, 1.165) is 24.3 Å². The first kappa shape index (κ1) is 23.8. The molecule has 0 aromatic heterocycles. The Bertz CT molecular complexity index is 647. The van der Waals surface area contributed by atoms with E-state index in [2.05, 4.69) is 39.5 Å². The summed E-state index contributed by atoms with van der Waals surface area (Å²) >= 11 is 0. The van der Waals surface area contributed by atoms with Crippen molar-refractivity contribution in [3.8, 4) is 0 Å². The van der Waals surface area contributed by atoms with Gasteiger partial charge in [-0.1, -0.05) is 57.1 Å². The summed E-state index contributed by atoms with van der Waals surface area (Å²) in [5.74, 6) is 2.86. The normalized spacial score (nSPS) is 37.9. The van der Waals surface area contributed by atoms with E-state index in [1.165, 1.54) is 38.5 Å². The van der Waals surface area contributed by atoms with Gasteiger partial charge in [0, 0.05) is 6.61 Å². The van der Waals surface area contributed by atoms with Gasteiger partial charge < -0.3 is 15.3 Å². The molecule has 3 aliphatic rings. The number of aliphatic hydroxyl groups excluding tert-OH is 3. The molecule has 0 spiro atoms. The maximum absolute atomic E-state index is 10.1. The minimum atomic E-state index is -0.614. The van der Waals surface area contributed by atoms with Crippen LogP contribution in [0.25, 0.3) is 0 Å². The van der Waals surface area contributed by atoms with Crippen molar-refractivity contribution in [2.75, 3.05) is 6.61 Å². The van der Waals surface area contributed by atoms with Gasteiger partial charge in [0.25, 0.3) is 0 Å². The van der Waals surface area contributed by atoms with E-state index in [1.54, 1.807) is 5.57 Å². The van der Waals surface area contributed by atoms with Crippen molar-refractivity contribution in [1.82, 2.24) is 0 Å². The number of hydrogen-bond donors (Lipinski definition) is 3.